The highest BCUT2D eigenvalue weighted by molar-refractivity contribution is 6.42. The van der Waals surface area contributed by atoms with E-state index in [-0.39, 0.29) is 12.1 Å². The maximum absolute atomic E-state index is 6.30. The molecule has 0 spiro atoms. The van der Waals surface area contributed by atoms with E-state index < -0.39 is 0 Å². The number of benzene rings is 3. The Kier molecular flexibility index (Phi) is 5.05. The fraction of sp³-hybridized carbons (Fsp3) is 0.208. The van der Waals surface area contributed by atoms with Crippen LogP contribution in [0.5, 0.6) is 5.75 Å². The summed E-state index contributed by atoms with van der Waals surface area (Å²) in [5.74, 6) is 1.74. The van der Waals surface area contributed by atoms with Crippen molar-refractivity contribution >= 4 is 40.2 Å². The van der Waals surface area contributed by atoms with Gasteiger partial charge in [-0.25, -0.2) is 4.98 Å². The average molecular weight is 438 g/mol. The van der Waals surface area contributed by atoms with Gasteiger partial charge in [0.1, 0.15) is 5.75 Å². The van der Waals surface area contributed by atoms with Crippen molar-refractivity contribution in [2.75, 3.05) is 11.9 Å². The Morgan fingerprint density at radius 2 is 1.77 bits per heavy atom. The SMILES string of the molecule is CCOc1ccc(C2CC(c3ccc(Cl)c(Cl)c3)Nc3nc4ccccc4n32)cc1. The molecule has 0 radical (unpaired) electrons. The van der Waals surface area contributed by atoms with Gasteiger partial charge in [0, 0.05) is 0 Å². The van der Waals surface area contributed by atoms with Crippen LogP contribution in [0.4, 0.5) is 5.95 Å². The fourth-order valence-electron chi connectivity index (χ4n) is 4.19. The topological polar surface area (TPSA) is 39.1 Å². The van der Waals surface area contributed by atoms with Gasteiger partial charge in [-0.2, -0.15) is 0 Å². The van der Waals surface area contributed by atoms with Crippen LogP contribution >= 0.6 is 23.2 Å². The van der Waals surface area contributed by atoms with Crippen LogP contribution < -0.4 is 10.1 Å². The number of fused-ring (bicyclic) bond motifs is 3. The molecule has 0 bridgehead atoms. The summed E-state index contributed by atoms with van der Waals surface area (Å²) in [6.45, 7) is 2.65. The van der Waals surface area contributed by atoms with E-state index in [0.717, 1.165) is 34.7 Å². The zero-order valence-corrected chi connectivity index (χ0v) is 18.0. The van der Waals surface area contributed by atoms with Crippen molar-refractivity contribution in [3.05, 3.63) is 87.9 Å². The molecule has 0 saturated carbocycles. The number of hydrogen-bond acceptors (Lipinski definition) is 3. The minimum Gasteiger partial charge on any atom is -0.494 e. The molecule has 4 nitrogen and oxygen atoms in total. The molecule has 6 heteroatoms. The van der Waals surface area contributed by atoms with Gasteiger partial charge in [-0.3, -0.25) is 0 Å². The first-order valence-corrected chi connectivity index (χ1v) is 10.8. The third-order valence-corrected chi connectivity index (χ3v) is 6.33. The number of imidazole rings is 1. The van der Waals surface area contributed by atoms with Crippen LogP contribution in [-0.2, 0) is 0 Å². The van der Waals surface area contributed by atoms with Crippen molar-refractivity contribution in [1.82, 2.24) is 9.55 Å². The summed E-state index contributed by atoms with van der Waals surface area (Å²) in [6.07, 6.45) is 0.860. The van der Waals surface area contributed by atoms with Crippen LogP contribution in [0, 0.1) is 0 Å². The summed E-state index contributed by atoms with van der Waals surface area (Å²) in [5.41, 5.74) is 4.41. The van der Waals surface area contributed by atoms with Crippen molar-refractivity contribution in [2.45, 2.75) is 25.4 Å². The summed E-state index contributed by atoms with van der Waals surface area (Å²) >= 11 is 12.4. The average Bonchev–Trinajstić information content (AvgIpc) is 3.14. The molecular formula is C24H21Cl2N3O. The summed E-state index contributed by atoms with van der Waals surface area (Å²) in [5, 5.41) is 4.73. The van der Waals surface area contributed by atoms with Gasteiger partial charge in [0.05, 0.1) is 39.8 Å². The molecule has 2 heterocycles. The first-order chi connectivity index (χ1) is 14.6. The minimum absolute atomic E-state index is 0.0700. The number of para-hydroxylation sites is 2. The second-order valence-corrected chi connectivity index (χ2v) is 8.23. The Balaban J connectivity index is 1.61. The van der Waals surface area contributed by atoms with Gasteiger partial charge in [-0.05, 0) is 60.9 Å². The third kappa shape index (κ3) is 3.40. The maximum atomic E-state index is 6.30. The Hall–Kier alpha value is -2.69. The molecule has 0 aliphatic carbocycles. The van der Waals surface area contributed by atoms with E-state index in [1.54, 1.807) is 0 Å². The molecular weight excluding hydrogens is 417 g/mol. The monoisotopic (exact) mass is 437 g/mol. The molecule has 30 heavy (non-hydrogen) atoms. The van der Waals surface area contributed by atoms with Crippen LogP contribution in [-0.4, -0.2) is 16.2 Å². The van der Waals surface area contributed by atoms with E-state index >= 15 is 0 Å². The normalized spacial score (nSPS) is 18.1. The van der Waals surface area contributed by atoms with Crippen molar-refractivity contribution in [3.8, 4) is 5.75 Å². The molecule has 152 valence electrons. The van der Waals surface area contributed by atoms with E-state index in [1.807, 2.05) is 49.4 Å². The second kappa shape index (κ2) is 7.86. The number of rotatable bonds is 4. The molecule has 4 aromatic rings. The van der Waals surface area contributed by atoms with Crippen LogP contribution in [0.3, 0.4) is 0 Å². The number of nitrogens with zero attached hydrogens (tertiary/aromatic N) is 2. The first kappa shape index (κ1) is 19.3. The molecule has 1 N–H and O–H groups in total. The quantitative estimate of drug-likeness (QED) is 0.377. The largest absolute Gasteiger partial charge is 0.494 e. The first-order valence-electron chi connectivity index (χ1n) is 10.0. The molecule has 5 rings (SSSR count). The van der Waals surface area contributed by atoms with Crippen molar-refractivity contribution in [3.63, 3.8) is 0 Å². The lowest BCUT2D eigenvalue weighted by Crippen LogP contribution is -2.27. The fourth-order valence-corrected chi connectivity index (χ4v) is 4.50. The number of hydrogen-bond donors (Lipinski definition) is 1. The van der Waals surface area contributed by atoms with E-state index in [1.165, 1.54) is 5.56 Å². The molecule has 0 fully saturated rings. The molecule has 2 unspecified atom stereocenters. The molecule has 1 aliphatic rings. The minimum atomic E-state index is 0.0700. The van der Waals surface area contributed by atoms with Gasteiger partial charge in [0.25, 0.3) is 0 Å². The van der Waals surface area contributed by atoms with E-state index in [2.05, 4.69) is 34.1 Å². The Morgan fingerprint density at radius 3 is 2.53 bits per heavy atom. The highest BCUT2D eigenvalue weighted by atomic mass is 35.5. The van der Waals surface area contributed by atoms with Gasteiger partial charge in [-0.15, -0.1) is 0 Å². The molecule has 1 aromatic heterocycles. The van der Waals surface area contributed by atoms with Gasteiger partial charge in [0.15, 0.2) is 0 Å². The smallest absolute Gasteiger partial charge is 0.204 e. The standard InChI is InChI=1S/C24H21Cl2N3O/c1-2-30-17-10-7-15(8-11-17)23-14-21(16-9-12-18(25)19(26)13-16)28-24-27-20-5-3-4-6-22(20)29(23)24/h3-13,21,23H,2,14H2,1H3,(H,27,28). The highest BCUT2D eigenvalue weighted by Gasteiger charge is 2.31. The van der Waals surface area contributed by atoms with E-state index in [0.29, 0.717) is 16.7 Å². The second-order valence-electron chi connectivity index (χ2n) is 7.42. The number of aromatic nitrogens is 2. The third-order valence-electron chi connectivity index (χ3n) is 5.59. The predicted molar refractivity (Wildman–Crippen MR) is 123 cm³/mol. The van der Waals surface area contributed by atoms with Crippen LogP contribution in [0.2, 0.25) is 10.0 Å². The van der Waals surface area contributed by atoms with Crippen molar-refractivity contribution < 1.29 is 4.74 Å². The van der Waals surface area contributed by atoms with Gasteiger partial charge in [0.2, 0.25) is 5.95 Å². The van der Waals surface area contributed by atoms with Crippen LogP contribution in [0.15, 0.2) is 66.7 Å². The van der Waals surface area contributed by atoms with E-state index in [4.69, 9.17) is 32.9 Å². The summed E-state index contributed by atoms with van der Waals surface area (Å²) in [4.78, 5) is 4.86. The molecule has 2 atom stereocenters. The van der Waals surface area contributed by atoms with Crippen LogP contribution in [0.1, 0.15) is 36.6 Å². The lowest BCUT2D eigenvalue weighted by Gasteiger charge is -2.33. The molecule has 1 aliphatic heterocycles. The Morgan fingerprint density at radius 1 is 1.00 bits per heavy atom. The van der Waals surface area contributed by atoms with Crippen molar-refractivity contribution in [2.24, 2.45) is 0 Å². The van der Waals surface area contributed by atoms with Crippen molar-refractivity contribution in [1.29, 1.82) is 0 Å². The van der Waals surface area contributed by atoms with Gasteiger partial charge >= 0.3 is 0 Å². The van der Waals surface area contributed by atoms with E-state index in [9.17, 15) is 0 Å². The Labute approximate surface area is 185 Å². The molecule has 3 aromatic carbocycles. The highest BCUT2D eigenvalue weighted by Crippen LogP contribution is 2.42. The Bertz CT molecular complexity index is 1200. The zero-order chi connectivity index (χ0) is 20.7. The number of anilines is 1. The number of nitrogens with one attached hydrogen (secondary N) is 1. The zero-order valence-electron chi connectivity index (χ0n) is 16.5. The lowest BCUT2D eigenvalue weighted by molar-refractivity contribution is 0.340. The summed E-state index contributed by atoms with van der Waals surface area (Å²) in [7, 11) is 0. The molecule has 0 amide bonds. The van der Waals surface area contributed by atoms with Gasteiger partial charge in [-0.1, -0.05) is 53.5 Å². The number of ether oxygens (including phenoxy) is 1. The van der Waals surface area contributed by atoms with Gasteiger partial charge < -0.3 is 14.6 Å². The summed E-state index contributed by atoms with van der Waals surface area (Å²) in [6, 6.07) is 22.6. The van der Waals surface area contributed by atoms with Crippen LogP contribution in [0.25, 0.3) is 11.0 Å². The molecule has 0 saturated heterocycles. The lowest BCUT2D eigenvalue weighted by atomic mass is 9.93. The summed E-state index contributed by atoms with van der Waals surface area (Å²) < 4.78 is 7.92. The number of halogens is 2. The predicted octanol–water partition coefficient (Wildman–Crippen LogP) is 6.89. The maximum Gasteiger partial charge on any atom is 0.204 e.